The van der Waals surface area contributed by atoms with Crippen LogP contribution in [-0.2, 0) is 11.2 Å². The third-order valence-electron chi connectivity index (χ3n) is 4.73. The molecule has 4 rings (SSSR count). The van der Waals surface area contributed by atoms with Gasteiger partial charge in [-0.3, -0.25) is 9.59 Å². The number of amides is 1. The first-order chi connectivity index (χ1) is 13.5. The van der Waals surface area contributed by atoms with E-state index in [4.69, 9.17) is 0 Å². The molecule has 9 nitrogen and oxygen atoms in total. The van der Waals surface area contributed by atoms with Crippen molar-refractivity contribution in [3.05, 3.63) is 51.7 Å². The van der Waals surface area contributed by atoms with Crippen molar-refractivity contribution in [3.63, 3.8) is 0 Å². The summed E-state index contributed by atoms with van der Waals surface area (Å²) >= 11 is 0. The van der Waals surface area contributed by atoms with E-state index in [0.717, 1.165) is 18.4 Å². The summed E-state index contributed by atoms with van der Waals surface area (Å²) in [7, 11) is 0. The van der Waals surface area contributed by atoms with E-state index in [1.165, 1.54) is 0 Å². The molecule has 2 N–H and O–H groups in total. The van der Waals surface area contributed by atoms with Crippen LogP contribution in [0.5, 0.6) is 0 Å². The number of hydrogen-bond acceptors (Lipinski definition) is 6. The molecule has 2 heterocycles. The fourth-order valence-electron chi connectivity index (χ4n) is 3.19. The highest BCUT2D eigenvalue weighted by Gasteiger charge is 2.28. The van der Waals surface area contributed by atoms with Gasteiger partial charge in [-0.15, -0.1) is 5.10 Å². The highest BCUT2D eigenvalue weighted by molar-refractivity contribution is 5.91. The molecule has 1 aliphatic carbocycles. The molecule has 9 heteroatoms. The first kappa shape index (κ1) is 18.0. The van der Waals surface area contributed by atoms with Crippen molar-refractivity contribution in [2.45, 2.75) is 45.6 Å². The molecule has 0 atom stereocenters. The Balaban J connectivity index is 1.44. The highest BCUT2D eigenvalue weighted by atomic mass is 16.1. The molecular weight excluding hydrogens is 358 g/mol. The van der Waals surface area contributed by atoms with Gasteiger partial charge in [0.2, 0.25) is 5.91 Å². The largest absolute Gasteiger partial charge is 0.326 e. The number of aromatic amines is 1. The highest BCUT2D eigenvalue weighted by Crippen LogP contribution is 2.36. The van der Waals surface area contributed by atoms with E-state index in [-0.39, 0.29) is 17.9 Å². The SMILES string of the molecule is Cc1nc(C)c(CCC(=O)Nc2cccc(-c3nnnn3C3CC3)c2)c(=O)[nH]1. The molecule has 144 valence electrons. The summed E-state index contributed by atoms with van der Waals surface area (Å²) in [6.07, 6.45) is 2.69. The van der Waals surface area contributed by atoms with Gasteiger partial charge in [-0.2, -0.15) is 0 Å². The van der Waals surface area contributed by atoms with Crippen molar-refractivity contribution < 1.29 is 4.79 Å². The lowest BCUT2D eigenvalue weighted by Crippen LogP contribution is -2.20. The molecule has 0 spiro atoms. The van der Waals surface area contributed by atoms with E-state index >= 15 is 0 Å². The number of carbonyl (C=O) groups excluding carboxylic acids is 1. The fourth-order valence-corrected chi connectivity index (χ4v) is 3.19. The molecule has 2 aromatic heterocycles. The molecule has 0 saturated heterocycles. The minimum absolute atomic E-state index is 0.168. The normalized spacial score (nSPS) is 13.5. The minimum atomic E-state index is -0.188. The fraction of sp³-hybridized carbons (Fsp3) is 0.368. The molecule has 0 bridgehead atoms. The van der Waals surface area contributed by atoms with Crippen LogP contribution in [-0.4, -0.2) is 36.1 Å². The maximum absolute atomic E-state index is 12.4. The summed E-state index contributed by atoms with van der Waals surface area (Å²) in [5, 5.41) is 14.8. The Morgan fingerprint density at radius 3 is 2.89 bits per heavy atom. The molecule has 1 saturated carbocycles. The molecule has 28 heavy (non-hydrogen) atoms. The second-order valence-electron chi connectivity index (χ2n) is 7.02. The van der Waals surface area contributed by atoms with E-state index in [9.17, 15) is 9.59 Å². The third-order valence-corrected chi connectivity index (χ3v) is 4.73. The zero-order chi connectivity index (χ0) is 19.7. The second-order valence-corrected chi connectivity index (χ2v) is 7.02. The molecule has 1 amide bonds. The smallest absolute Gasteiger partial charge is 0.254 e. The van der Waals surface area contributed by atoms with Crippen molar-refractivity contribution in [1.29, 1.82) is 0 Å². The summed E-state index contributed by atoms with van der Waals surface area (Å²) in [5.74, 6) is 1.10. The standard InChI is InChI=1S/C19H21N7O2/c1-11-16(19(28)21-12(2)20-11)8-9-17(27)22-14-5-3-4-13(10-14)18-23-24-25-26(18)15-6-7-15/h3-5,10,15H,6-9H2,1-2H3,(H,22,27)(H,20,21,28). The maximum atomic E-state index is 12.4. The first-order valence-electron chi connectivity index (χ1n) is 9.26. The van der Waals surface area contributed by atoms with Gasteiger partial charge in [-0.05, 0) is 55.7 Å². The van der Waals surface area contributed by atoms with E-state index in [2.05, 4.69) is 30.8 Å². The predicted molar refractivity (Wildman–Crippen MR) is 103 cm³/mol. The van der Waals surface area contributed by atoms with Gasteiger partial charge in [0.15, 0.2) is 5.82 Å². The van der Waals surface area contributed by atoms with Gasteiger partial charge in [-0.25, -0.2) is 9.67 Å². The average Bonchev–Trinajstić information content (AvgIpc) is 3.37. The number of benzene rings is 1. The molecule has 0 radical (unpaired) electrons. The Morgan fingerprint density at radius 1 is 1.32 bits per heavy atom. The summed E-state index contributed by atoms with van der Waals surface area (Å²) in [5.41, 5.74) is 2.53. The lowest BCUT2D eigenvalue weighted by atomic mass is 10.1. The summed E-state index contributed by atoms with van der Waals surface area (Å²) in [4.78, 5) is 31.4. The van der Waals surface area contributed by atoms with Crippen molar-refractivity contribution in [2.24, 2.45) is 0 Å². The van der Waals surface area contributed by atoms with E-state index < -0.39 is 0 Å². The van der Waals surface area contributed by atoms with Crippen LogP contribution in [0.15, 0.2) is 29.1 Å². The minimum Gasteiger partial charge on any atom is -0.326 e. The van der Waals surface area contributed by atoms with Gasteiger partial charge < -0.3 is 10.3 Å². The van der Waals surface area contributed by atoms with Crippen molar-refractivity contribution in [1.82, 2.24) is 30.2 Å². The number of carbonyl (C=O) groups is 1. The number of nitrogens with one attached hydrogen (secondary N) is 2. The van der Waals surface area contributed by atoms with Crippen LogP contribution in [0.3, 0.4) is 0 Å². The number of H-pyrrole nitrogens is 1. The average molecular weight is 379 g/mol. The Labute approximate surface area is 161 Å². The van der Waals surface area contributed by atoms with Gasteiger partial charge in [-0.1, -0.05) is 12.1 Å². The number of rotatable bonds is 6. The van der Waals surface area contributed by atoms with Crippen LogP contribution in [0.1, 0.15) is 42.4 Å². The Morgan fingerprint density at radius 2 is 2.14 bits per heavy atom. The summed E-state index contributed by atoms with van der Waals surface area (Å²) < 4.78 is 1.83. The van der Waals surface area contributed by atoms with Crippen LogP contribution in [0.25, 0.3) is 11.4 Å². The Bertz CT molecular complexity index is 1080. The number of hydrogen-bond donors (Lipinski definition) is 2. The van der Waals surface area contributed by atoms with Gasteiger partial charge in [0.25, 0.3) is 5.56 Å². The summed E-state index contributed by atoms with van der Waals surface area (Å²) in [6, 6.07) is 7.82. The second kappa shape index (κ2) is 7.34. The number of aryl methyl sites for hydroxylation is 2. The van der Waals surface area contributed by atoms with Crippen LogP contribution in [0.2, 0.25) is 0 Å². The van der Waals surface area contributed by atoms with E-state index in [0.29, 0.717) is 41.1 Å². The zero-order valence-electron chi connectivity index (χ0n) is 15.8. The first-order valence-corrected chi connectivity index (χ1v) is 9.26. The van der Waals surface area contributed by atoms with Crippen LogP contribution < -0.4 is 10.9 Å². The quantitative estimate of drug-likeness (QED) is 0.676. The molecule has 1 fully saturated rings. The van der Waals surface area contributed by atoms with E-state index in [1.807, 2.05) is 28.9 Å². The number of nitrogens with zero attached hydrogens (tertiary/aromatic N) is 5. The topological polar surface area (TPSA) is 118 Å². The maximum Gasteiger partial charge on any atom is 0.254 e. The molecule has 0 unspecified atom stereocenters. The lowest BCUT2D eigenvalue weighted by molar-refractivity contribution is -0.116. The molecular formula is C19H21N7O2. The van der Waals surface area contributed by atoms with Crippen molar-refractivity contribution in [3.8, 4) is 11.4 Å². The molecule has 3 aromatic rings. The molecule has 1 aliphatic rings. The van der Waals surface area contributed by atoms with Gasteiger partial charge in [0.1, 0.15) is 5.82 Å². The summed E-state index contributed by atoms with van der Waals surface area (Å²) in [6.45, 7) is 3.51. The van der Waals surface area contributed by atoms with Crippen molar-refractivity contribution in [2.75, 3.05) is 5.32 Å². The van der Waals surface area contributed by atoms with Gasteiger partial charge in [0.05, 0.1) is 6.04 Å². The zero-order valence-corrected chi connectivity index (χ0v) is 15.8. The number of aromatic nitrogens is 6. The van der Waals surface area contributed by atoms with Gasteiger partial charge in [0, 0.05) is 28.9 Å². The van der Waals surface area contributed by atoms with Crippen LogP contribution in [0, 0.1) is 13.8 Å². The molecule has 0 aliphatic heterocycles. The van der Waals surface area contributed by atoms with Crippen LogP contribution >= 0.6 is 0 Å². The van der Waals surface area contributed by atoms with E-state index in [1.54, 1.807) is 13.8 Å². The Kier molecular flexibility index (Phi) is 4.72. The Hall–Kier alpha value is -3.36. The third kappa shape index (κ3) is 3.83. The number of tetrazole rings is 1. The van der Waals surface area contributed by atoms with Gasteiger partial charge >= 0.3 is 0 Å². The number of anilines is 1. The van der Waals surface area contributed by atoms with Crippen molar-refractivity contribution >= 4 is 11.6 Å². The predicted octanol–water partition coefficient (Wildman–Crippen LogP) is 1.95. The molecule has 1 aromatic carbocycles. The lowest BCUT2D eigenvalue weighted by Gasteiger charge is -2.08. The monoisotopic (exact) mass is 379 g/mol. The van der Waals surface area contributed by atoms with Crippen LogP contribution in [0.4, 0.5) is 5.69 Å².